The average Bonchev–Trinajstić information content (AvgIpc) is 2.56. The number of benzene rings is 2. The van der Waals surface area contributed by atoms with Crippen molar-refractivity contribution in [3.05, 3.63) is 53.6 Å². The number of hydrogen-bond donors (Lipinski definition) is 2. The van der Waals surface area contributed by atoms with Crippen LogP contribution in [-0.2, 0) is 16.0 Å². The van der Waals surface area contributed by atoms with Gasteiger partial charge in [-0.1, -0.05) is 18.2 Å². The molecule has 0 aromatic heterocycles. The molecule has 2 amide bonds. The van der Waals surface area contributed by atoms with Gasteiger partial charge in [0.15, 0.2) is 0 Å². The first kappa shape index (κ1) is 15.1. The van der Waals surface area contributed by atoms with Crippen LogP contribution in [0, 0.1) is 6.92 Å². The van der Waals surface area contributed by atoms with Gasteiger partial charge in [0, 0.05) is 17.9 Å². The van der Waals surface area contributed by atoms with Gasteiger partial charge in [-0.3, -0.25) is 9.59 Å². The Balaban J connectivity index is 1.80. The van der Waals surface area contributed by atoms with Crippen molar-refractivity contribution in [2.24, 2.45) is 0 Å². The number of phenolic OH excluding ortho intramolecular Hbond substituents is 1. The van der Waals surface area contributed by atoms with Crippen LogP contribution in [0.25, 0.3) is 0 Å². The summed E-state index contributed by atoms with van der Waals surface area (Å²) in [5.41, 5.74) is 3.11. The van der Waals surface area contributed by atoms with Crippen LogP contribution >= 0.6 is 0 Å². The summed E-state index contributed by atoms with van der Waals surface area (Å²) in [5.74, 6) is -1.11. The summed E-state index contributed by atoms with van der Waals surface area (Å²) in [6.07, 6.45) is 1.76. The molecule has 0 aliphatic carbocycles. The summed E-state index contributed by atoms with van der Waals surface area (Å²) in [7, 11) is 0. The van der Waals surface area contributed by atoms with Crippen molar-refractivity contribution in [3.63, 3.8) is 0 Å². The molecule has 1 aliphatic heterocycles. The first-order chi connectivity index (χ1) is 11.1. The molecule has 0 saturated heterocycles. The number of amides is 2. The first-order valence-corrected chi connectivity index (χ1v) is 7.56. The van der Waals surface area contributed by atoms with Crippen molar-refractivity contribution in [1.82, 2.24) is 0 Å². The molecule has 5 heteroatoms. The topological polar surface area (TPSA) is 69.6 Å². The van der Waals surface area contributed by atoms with Gasteiger partial charge in [0.2, 0.25) is 0 Å². The minimum Gasteiger partial charge on any atom is -0.508 e. The smallest absolute Gasteiger partial charge is 0.316 e. The molecule has 5 nitrogen and oxygen atoms in total. The van der Waals surface area contributed by atoms with E-state index in [-0.39, 0.29) is 5.75 Å². The lowest BCUT2D eigenvalue weighted by molar-refractivity contribution is -0.134. The summed E-state index contributed by atoms with van der Waals surface area (Å²) in [6, 6.07) is 12.3. The van der Waals surface area contributed by atoms with E-state index in [1.165, 1.54) is 17.0 Å². The first-order valence-electron chi connectivity index (χ1n) is 7.56. The third-order valence-electron chi connectivity index (χ3n) is 4.01. The number of carbonyl (C=O) groups excluding carboxylic acids is 2. The van der Waals surface area contributed by atoms with Crippen LogP contribution in [0.4, 0.5) is 11.4 Å². The highest BCUT2D eigenvalue weighted by Crippen LogP contribution is 2.27. The number of para-hydroxylation sites is 1. The van der Waals surface area contributed by atoms with Crippen LogP contribution < -0.4 is 10.2 Å². The molecule has 2 aromatic carbocycles. The average molecular weight is 310 g/mol. The number of nitrogens with zero attached hydrogens (tertiary/aromatic N) is 1. The zero-order chi connectivity index (χ0) is 16.4. The van der Waals surface area contributed by atoms with E-state index in [0.717, 1.165) is 24.1 Å². The highest BCUT2D eigenvalue weighted by Gasteiger charge is 2.27. The highest BCUT2D eigenvalue weighted by atomic mass is 16.3. The molecule has 0 radical (unpaired) electrons. The zero-order valence-corrected chi connectivity index (χ0v) is 12.9. The largest absolute Gasteiger partial charge is 0.508 e. The summed E-state index contributed by atoms with van der Waals surface area (Å²) < 4.78 is 0. The molecular weight excluding hydrogens is 292 g/mol. The van der Waals surface area contributed by atoms with Crippen LogP contribution in [0.5, 0.6) is 5.75 Å². The Hall–Kier alpha value is -2.82. The molecule has 23 heavy (non-hydrogen) atoms. The number of aromatic hydroxyl groups is 1. The van der Waals surface area contributed by atoms with Crippen LogP contribution in [-0.4, -0.2) is 23.5 Å². The van der Waals surface area contributed by atoms with Crippen molar-refractivity contribution < 1.29 is 14.7 Å². The standard InChI is InChI=1S/C18H18N2O3/c1-12-11-14(21)8-9-15(12)19-17(22)18(23)20-10-4-6-13-5-2-3-7-16(13)20/h2-3,5,7-9,11,21H,4,6,10H2,1H3,(H,19,22). The minimum absolute atomic E-state index is 0.122. The van der Waals surface area contributed by atoms with Crippen molar-refractivity contribution >= 4 is 23.2 Å². The Morgan fingerprint density at radius 1 is 1.17 bits per heavy atom. The molecule has 0 atom stereocenters. The van der Waals surface area contributed by atoms with E-state index >= 15 is 0 Å². The predicted molar refractivity (Wildman–Crippen MR) is 88.6 cm³/mol. The fourth-order valence-electron chi connectivity index (χ4n) is 2.83. The molecule has 0 bridgehead atoms. The van der Waals surface area contributed by atoms with Crippen molar-refractivity contribution in [1.29, 1.82) is 0 Å². The Kier molecular flexibility index (Phi) is 4.02. The molecule has 0 spiro atoms. The number of anilines is 2. The Morgan fingerprint density at radius 2 is 1.96 bits per heavy atom. The summed E-state index contributed by atoms with van der Waals surface area (Å²) in [4.78, 5) is 26.3. The molecule has 1 heterocycles. The van der Waals surface area contributed by atoms with E-state index in [1.54, 1.807) is 13.0 Å². The monoisotopic (exact) mass is 310 g/mol. The van der Waals surface area contributed by atoms with Crippen molar-refractivity contribution in [3.8, 4) is 5.75 Å². The number of aryl methyl sites for hydroxylation is 2. The quantitative estimate of drug-likeness (QED) is 0.628. The normalized spacial score (nSPS) is 13.3. The van der Waals surface area contributed by atoms with Crippen LogP contribution in [0.3, 0.4) is 0 Å². The lowest BCUT2D eigenvalue weighted by Gasteiger charge is -2.28. The molecule has 3 rings (SSSR count). The number of fused-ring (bicyclic) bond motifs is 1. The van der Waals surface area contributed by atoms with Gasteiger partial charge < -0.3 is 15.3 Å². The fourth-order valence-corrected chi connectivity index (χ4v) is 2.83. The summed E-state index contributed by atoms with van der Waals surface area (Å²) >= 11 is 0. The Morgan fingerprint density at radius 3 is 2.74 bits per heavy atom. The van der Waals surface area contributed by atoms with Crippen LogP contribution in [0.1, 0.15) is 17.5 Å². The minimum atomic E-state index is -0.671. The number of nitrogens with one attached hydrogen (secondary N) is 1. The van der Waals surface area contributed by atoms with Gasteiger partial charge in [-0.25, -0.2) is 0 Å². The maximum Gasteiger partial charge on any atom is 0.316 e. The van der Waals surface area contributed by atoms with Gasteiger partial charge >= 0.3 is 11.8 Å². The van der Waals surface area contributed by atoms with E-state index in [2.05, 4.69) is 5.32 Å². The Bertz CT molecular complexity index is 771. The van der Waals surface area contributed by atoms with Crippen molar-refractivity contribution in [2.75, 3.05) is 16.8 Å². The number of phenols is 1. The molecule has 2 N–H and O–H groups in total. The van der Waals surface area contributed by atoms with Gasteiger partial charge in [0.05, 0.1) is 0 Å². The van der Waals surface area contributed by atoms with Gasteiger partial charge in [-0.05, 0) is 55.2 Å². The van der Waals surface area contributed by atoms with E-state index < -0.39 is 11.8 Å². The molecule has 1 aliphatic rings. The van der Waals surface area contributed by atoms with Gasteiger partial charge in [0.1, 0.15) is 5.75 Å². The third-order valence-corrected chi connectivity index (χ3v) is 4.01. The molecule has 0 unspecified atom stereocenters. The predicted octanol–water partition coefficient (Wildman–Crippen LogP) is 2.62. The second-order valence-electron chi connectivity index (χ2n) is 5.64. The van der Waals surface area contributed by atoms with Crippen molar-refractivity contribution in [2.45, 2.75) is 19.8 Å². The number of carbonyl (C=O) groups is 2. The molecule has 2 aromatic rings. The van der Waals surface area contributed by atoms with Gasteiger partial charge in [-0.2, -0.15) is 0 Å². The van der Waals surface area contributed by atoms with Gasteiger partial charge in [0.25, 0.3) is 0 Å². The molecule has 118 valence electrons. The third kappa shape index (κ3) is 3.04. The second-order valence-corrected chi connectivity index (χ2v) is 5.64. The summed E-state index contributed by atoms with van der Waals surface area (Å²) in [6.45, 7) is 2.30. The van der Waals surface area contributed by atoms with Crippen LogP contribution in [0.2, 0.25) is 0 Å². The lowest BCUT2D eigenvalue weighted by Crippen LogP contribution is -2.42. The number of hydrogen-bond acceptors (Lipinski definition) is 3. The second kappa shape index (κ2) is 6.12. The lowest BCUT2D eigenvalue weighted by atomic mass is 10.0. The maximum absolute atomic E-state index is 12.5. The van der Waals surface area contributed by atoms with E-state index in [4.69, 9.17) is 0 Å². The molecular formula is C18H18N2O3. The maximum atomic E-state index is 12.5. The van der Waals surface area contributed by atoms with E-state index in [9.17, 15) is 14.7 Å². The van der Waals surface area contributed by atoms with Gasteiger partial charge in [-0.15, -0.1) is 0 Å². The zero-order valence-electron chi connectivity index (χ0n) is 12.9. The number of rotatable bonds is 1. The SMILES string of the molecule is Cc1cc(O)ccc1NC(=O)C(=O)N1CCCc2ccccc21. The highest BCUT2D eigenvalue weighted by molar-refractivity contribution is 6.44. The fraction of sp³-hybridized carbons (Fsp3) is 0.222. The summed E-state index contributed by atoms with van der Waals surface area (Å²) in [5, 5.41) is 12.0. The van der Waals surface area contributed by atoms with Crippen LogP contribution in [0.15, 0.2) is 42.5 Å². The molecule has 0 fully saturated rings. The van der Waals surface area contributed by atoms with E-state index in [1.807, 2.05) is 24.3 Å². The van der Waals surface area contributed by atoms with E-state index in [0.29, 0.717) is 17.8 Å². The molecule has 0 saturated carbocycles. The Labute approximate surface area is 134 Å².